The van der Waals surface area contributed by atoms with E-state index >= 15 is 0 Å². The summed E-state index contributed by atoms with van der Waals surface area (Å²) in [7, 11) is -3.62. The number of benzene rings is 2. The molecule has 0 fully saturated rings. The van der Waals surface area contributed by atoms with Crippen LogP contribution in [0.25, 0.3) is 0 Å². The third-order valence-corrected chi connectivity index (χ3v) is 5.58. The van der Waals surface area contributed by atoms with E-state index in [1.165, 1.54) is 31.2 Å². The molecule has 1 atom stereocenters. The van der Waals surface area contributed by atoms with Crippen LogP contribution in [0.15, 0.2) is 59.5 Å². The highest BCUT2D eigenvalue weighted by Gasteiger charge is 2.16. The maximum atomic E-state index is 12.3. The molecule has 0 spiro atoms. The van der Waals surface area contributed by atoms with Gasteiger partial charge < -0.3 is 5.11 Å². The molecule has 0 aliphatic rings. The van der Waals surface area contributed by atoms with Gasteiger partial charge in [0.2, 0.25) is 10.0 Å². The van der Waals surface area contributed by atoms with Crippen molar-refractivity contribution in [2.45, 2.75) is 30.6 Å². The van der Waals surface area contributed by atoms with Gasteiger partial charge in [0.05, 0.1) is 4.90 Å². The molecule has 25 heavy (non-hydrogen) atoms. The molecule has 0 amide bonds. The normalized spacial score (nSPS) is 12.7. The summed E-state index contributed by atoms with van der Waals surface area (Å²) in [5.41, 5.74) is 1.56. The lowest BCUT2D eigenvalue weighted by Crippen LogP contribution is -2.26. The average Bonchev–Trinajstić information content (AvgIpc) is 2.61. The Labute approximate surface area is 148 Å². The first kappa shape index (κ1) is 19.3. The molecule has 0 radical (unpaired) electrons. The minimum Gasteiger partial charge on any atom is -0.396 e. The predicted octanol–water partition coefficient (Wildman–Crippen LogP) is 2.72. The second-order valence-corrected chi connectivity index (χ2v) is 7.65. The van der Waals surface area contributed by atoms with Crippen molar-refractivity contribution in [3.63, 3.8) is 0 Å². The van der Waals surface area contributed by atoms with Crippen LogP contribution in [-0.2, 0) is 10.0 Å². The quantitative estimate of drug-likeness (QED) is 0.673. The third kappa shape index (κ3) is 5.49. The lowest BCUT2D eigenvalue weighted by Gasteiger charge is -2.16. The first-order chi connectivity index (χ1) is 11.9. The van der Waals surface area contributed by atoms with E-state index in [9.17, 15) is 18.3 Å². The Morgan fingerprint density at radius 2 is 1.68 bits per heavy atom. The van der Waals surface area contributed by atoms with Crippen LogP contribution in [0.2, 0.25) is 0 Å². The number of nitrogens with one attached hydrogen (secondary N) is 1. The van der Waals surface area contributed by atoms with Gasteiger partial charge >= 0.3 is 0 Å². The zero-order chi connectivity index (χ0) is 18.3. The van der Waals surface area contributed by atoms with Crippen LogP contribution in [0.1, 0.15) is 41.6 Å². The van der Waals surface area contributed by atoms with E-state index in [0.29, 0.717) is 18.4 Å². The van der Waals surface area contributed by atoms with Gasteiger partial charge in [-0.25, -0.2) is 13.1 Å². The maximum absolute atomic E-state index is 12.3. The van der Waals surface area contributed by atoms with Crippen molar-refractivity contribution in [2.24, 2.45) is 0 Å². The fraction of sp³-hybridized carbons (Fsp3) is 0.316. The summed E-state index contributed by atoms with van der Waals surface area (Å²) in [6, 6.07) is 15.6. The van der Waals surface area contributed by atoms with Gasteiger partial charge in [0.25, 0.3) is 0 Å². The zero-order valence-corrected chi connectivity index (χ0v) is 15.0. The van der Waals surface area contributed by atoms with Crippen LogP contribution in [0.4, 0.5) is 0 Å². The number of carbonyl (C=O) groups is 1. The van der Waals surface area contributed by atoms with Crippen LogP contribution in [0.5, 0.6) is 0 Å². The van der Waals surface area contributed by atoms with E-state index in [1.807, 2.05) is 30.3 Å². The van der Waals surface area contributed by atoms with Gasteiger partial charge in [0, 0.05) is 18.7 Å². The van der Waals surface area contributed by atoms with Gasteiger partial charge in [-0.15, -0.1) is 0 Å². The van der Waals surface area contributed by atoms with Gasteiger partial charge in [0.1, 0.15) is 0 Å². The molecule has 0 aliphatic carbocycles. The predicted molar refractivity (Wildman–Crippen MR) is 97.1 cm³/mol. The summed E-state index contributed by atoms with van der Waals surface area (Å²) in [4.78, 5) is 11.4. The SMILES string of the molecule is CC(=O)c1ccc(S(=O)(=O)NCCC(CCO)c2ccccc2)cc1. The summed E-state index contributed by atoms with van der Waals surface area (Å²) in [6.07, 6.45) is 1.17. The molecule has 134 valence electrons. The van der Waals surface area contributed by atoms with Gasteiger partial charge in [-0.3, -0.25) is 4.79 Å². The molecular formula is C19H23NO4S. The summed E-state index contributed by atoms with van der Waals surface area (Å²) < 4.78 is 27.3. The summed E-state index contributed by atoms with van der Waals surface area (Å²) in [5.74, 6) is -0.0133. The van der Waals surface area contributed by atoms with E-state index in [4.69, 9.17) is 0 Å². The number of sulfonamides is 1. The summed E-state index contributed by atoms with van der Waals surface area (Å²) in [5, 5.41) is 9.24. The van der Waals surface area contributed by atoms with E-state index in [1.54, 1.807) is 0 Å². The first-order valence-electron chi connectivity index (χ1n) is 8.20. The van der Waals surface area contributed by atoms with E-state index in [2.05, 4.69) is 4.72 Å². The molecule has 1 unspecified atom stereocenters. The molecule has 2 aromatic carbocycles. The molecule has 2 rings (SSSR count). The maximum Gasteiger partial charge on any atom is 0.240 e. The van der Waals surface area contributed by atoms with Gasteiger partial charge in [0.15, 0.2) is 5.78 Å². The molecule has 0 saturated carbocycles. The summed E-state index contributed by atoms with van der Waals surface area (Å²) in [6.45, 7) is 1.77. The molecule has 0 saturated heterocycles. The highest BCUT2D eigenvalue weighted by atomic mass is 32.2. The van der Waals surface area contributed by atoms with Crippen molar-refractivity contribution in [3.05, 3.63) is 65.7 Å². The van der Waals surface area contributed by atoms with Crippen molar-refractivity contribution in [2.75, 3.05) is 13.2 Å². The second-order valence-electron chi connectivity index (χ2n) is 5.89. The molecular weight excluding hydrogens is 338 g/mol. The van der Waals surface area contributed by atoms with Crippen molar-refractivity contribution < 1.29 is 18.3 Å². The van der Waals surface area contributed by atoms with Crippen molar-refractivity contribution in [1.82, 2.24) is 4.72 Å². The standard InChI is InChI=1S/C19H23NO4S/c1-15(22)16-7-9-19(10-8-16)25(23,24)20-13-11-18(12-14-21)17-5-3-2-4-6-17/h2-10,18,20-21H,11-14H2,1H3. The van der Waals surface area contributed by atoms with E-state index < -0.39 is 10.0 Å². The number of ketones is 1. The fourth-order valence-corrected chi connectivity index (χ4v) is 3.73. The topological polar surface area (TPSA) is 83.5 Å². The Bertz CT molecular complexity index is 786. The van der Waals surface area contributed by atoms with Crippen molar-refractivity contribution in [3.8, 4) is 0 Å². The molecule has 6 heteroatoms. The van der Waals surface area contributed by atoms with Gasteiger partial charge in [-0.05, 0) is 43.4 Å². The lowest BCUT2D eigenvalue weighted by atomic mass is 9.93. The van der Waals surface area contributed by atoms with Crippen LogP contribution in [0, 0.1) is 0 Å². The van der Waals surface area contributed by atoms with Crippen LogP contribution in [-0.4, -0.2) is 32.5 Å². The van der Waals surface area contributed by atoms with Crippen LogP contribution in [0.3, 0.4) is 0 Å². The van der Waals surface area contributed by atoms with Crippen LogP contribution < -0.4 is 4.72 Å². The van der Waals surface area contributed by atoms with Crippen LogP contribution >= 0.6 is 0 Å². The second kappa shape index (κ2) is 8.89. The number of aliphatic hydroxyl groups is 1. The van der Waals surface area contributed by atoms with E-state index in [-0.39, 0.29) is 29.7 Å². The smallest absolute Gasteiger partial charge is 0.240 e. The van der Waals surface area contributed by atoms with Gasteiger partial charge in [-0.1, -0.05) is 42.5 Å². The van der Waals surface area contributed by atoms with Crippen molar-refractivity contribution >= 4 is 15.8 Å². The monoisotopic (exact) mass is 361 g/mol. The Morgan fingerprint density at radius 3 is 2.24 bits per heavy atom. The van der Waals surface area contributed by atoms with Gasteiger partial charge in [-0.2, -0.15) is 0 Å². The average molecular weight is 361 g/mol. The largest absolute Gasteiger partial charge is 0.396 e. The number of hydrogen-bond donors (Lipinski definition) is 2. The Hall–Kier alpha value is -2.02. The highest BCUT2D eigenvalue weighted by Crippen LogP contribution is 2.22. The fourth-order valence-electron chi connectivity index (χ4n) is 2.68. The minimum atomic E-state index is -3.62. The Balaban J connectivity index is 1.99. The Kier molecular flexibility index (Phi) is 6.87. The first-order valence-corrected chi connectivity index (χ1v) is 9.69. The number of Topliss-reactive ketones (excluding diaryl/α,β-unsaturated/α-hetero) is 1. The molecule has 2 N–H and O–H groups in total. The molecule has 2 aromatic rings. The number of aliphatic hydroxyl groups excluding tert-OH is 1. The number of rotatable bonds is 9. The summed E-state index contributed by atoms with van der Waals surface area (Å²) >= 11 is 0. The molecule has 0 aliphatic heterocycles. The third-order valence-electron chi connectivity index (χ3n) is 4.10. The number of carbonyl (C=O) groups excluding carboxylic acids is 1. The van der Waals surface area contributed by atoms with E-state index in [0.717, 1.165) is 5.56 Å². The molecule has 5 nitrogen and oxygen atoms in total. The lowest BCUT2D eigenvalue weighted by molar-refractivity contribution is 0.101. The highest BCUT2D eigenvalue weighted by molar-refractivity contribution is 7.89. The molecule has 0 aromatic heterocycles. The minimum absolute atomic E-state index is 0.0544. The molecule has 0 heterocycles. The van der Waals surface area contributed by atoms with Crippen molar-refractivity contribution in [1.29, 1.82) is 0 Å². The number of hydrogen-bond acceptors (Lipinski definition) is 4. The Morgan fingerprint density at radius 1 is 1.04 bits per heavy atom. The molecule has 0 bridgehead atoms. The zero-order valence-electron chi connectivity index (χ0n) is 14.2.